The molecular formula is C32H28BrN3O7S. The highest BCUT2D eigenvalue weighted by molar-refractivity contribution is 9.10. The highest BCUT2D eigenvalue weighted by Crippen LogP contribution is 2.37. The molecule has 44 heavy (non-hydrogen) atoms. The number of non-ortho nitro benzene ring substituents is 1. The molecule has 0 N–H and O–H groups in total. The maximum Gasteiger partial charge on any atom is 0.338 e. The van der Waals surface area contributed by atoms with Crippen molar-refractivity contribution in [1.82, 2.24) is 4.57 Å². The Labute approximate surface area is 264 Å². The van der Waals surface area contributed by atoms with Gasteiger partial charge < -0.3 is 14.2 Å². The van der Waals surface area contributed by atoms with Gasteiger partial charge in [0.05, 0.1) is 45.0 Å². The van der Waals surface area contributed by atoms with Crippen LogP contribution in [0.5, 0.6) is 11.5 Å². The number of carbonyl (C=O) groups excluding carboxylic acids is 1. The molecule has 0 aliphatic carbocycles. The van der Waals surface area contributed by atoms with Gasteiger partial charge in [-0.2, -0.15) is 0 Å². The zero-order valence-electron chi connectivity index (χ0n) is 24.3. The molecule has 1 aliphatic heterocycles. The van der Waals surface area contributed by atoms with E-state index in [1.54, 1.807) is 48.8 Å². The van der Waals surface area contributed by atoms with Crippen molar-refractivity contribution in [3.63, 3.8) is 0 Å². The predicted octanol–water partition coefficient (Wildman–Crippen LogP) is 5.37. The van der Waals surface area contributed by atoms with Gasteiger partial charge in [0.2, 0.25) is 0 Å². The largest absolute Gasteiger partial charge is 0.493 e. The number of carbonyl (C=O) groups is 1. The fourth-order valence-corrected chi connectivity index (χ4v) is 6.46. The molecule has 0 amide bonds. The van der Waals surface area contributed by atoms with Crippen molar-refractivity contribution in [1.29, 1.82) is 0 Å². The first kappa shape index (κ1) is 30.9. The summed E-state index contributed by atoms with van der Waals surface area (Å²) in [5.41, 5.74) is 3.79. The highest BCUT2D eigenvalue weighted by Gasteiger charge is 2.33. The van der Waals surface area contributed by atoms with E-state index in [2.05, 4.69) is 20.9 Å². The van der Waals surface area contributed by atoms with Crippen molar-refractivity contribution in [2.45, 2.75) is 33.4 Å². The summed E-state index contributed by atoms with van der Waals surface area (Å²) in [5.74, 6) is 0.364. The minimum atomic E-state index is -0.690. The van der Waals surface area contributed by atoms with Gasteiger partial charge in [-0.3, -0.25) is 19.5 Å². The van der Waals surface area contributed by atoms with Crippen LogP contribution >= 0.6 is 27.3 Å². The number of fused-ring (bicyclic) bond motifs is 1. The van der Waals surface area contributed by atoms with Crippen molar-refractivity contribution in [2.75, 3.05) is 13.7 Å². The molecule has 0 saturated heterocycles. The van der Waals surface area contributed by atoms with E-state index >= 15 is 0 Å². The number of nitro groups is 1. The number of rotatable bonds is 9. The van der Waals surface area contributed by atoms with E-state index in [-0.39, 0.29) is 24.5 Å². The minimum absolute atomic E-state index is 0.000363. The van der Waals surface area contributed by atoms with Gasteiger partial charge in [-0.15, -0.1) is 0 Å². The van der Waals surface area contributed by atoms with Gasteiger partial charge in [-0.05, 0) is 83.7 Å². The third kappa shape index (κ3) is 6.22. The quantitative estimate of drug-likeness (QED) is 0.133. The number of nitrogens with zero attached hydrogens (tertiary/aromatic N) is 3. The van der Waals surface area contributed by atoms with Crippen LogP contribution in [0.4, 0.5) is 5.69 Å². The van der Waals surface area contributed by atoms with Crippen LogP contribution in [0, 0.1) is 17.0 Å². The maximum atomic E-state index is 13.9. The molecular weight excluding hydrogens is 650 g/mol. The lowest BCUT2D eigenvalue weighted by Gasteiger charge is -2.24. The number of nitro benzene ring substituents is 1. The summed E-state index contributed by atoms with van der Waals surface area (Å²) in [6.07, 6.45) is 1.74. The second-order valence-electron chi connectivity index (χ2n) is 9.96. The molecule has 0 fully saturated rings. The first-order chi connectivity index (χ1) is 21.1. The van der Waals surface area contributed by atoms with E-state index in [9.17, 15) is 19.7 Å². The van der Waals surface area contributed by atoms with E-state index in [1.807, 2.05) is 31.2 Å². The third-order valence-electron chi connectivity index (χ3n) is 6.99. The van der Waals surface area contributed by atoms with Crippen LogP contribution < -0.4 is 24.4 Å². The molecule has 1 aromatic heterocycles. The van der Waals surface area contributed by atoms with E-state index in [0.29, 0.717) is 42.1 Å². The van der Waals surface area contributed by atoms with Crippen LogP contribution in [0.15, 0.2) is 86.2 Å². The van der Waals surface area contributed by atoms with E-state index in [1.165, 1.54) is 30.6 Å². The summed E-state index contributed by atoms with van der Waals surface area (Å²) in [5, 5.41) is 10.9. The average molecular weight is 679 g/mol. The molecule has 226 valence electrons. The lowest BCUT2D eigenvalue weighted by Crippen LogP contribution is -2.39. The SMILES string of the molecule is CCOC(=O)C1=C(C)N=c2s/c(=C/c3cc(Br)c(OCc4ccc([N+](=O)[O-])cc4)c(OC)c3)c(=O)n2[C@@H]1c1ccc(C)cc1. The molecule has 0 radical (unpaired) electrons. The van der Waals surface area contributed by atoms with Gasteiger partial charge >= 0.3 is 5.97 Å². The standard InChI is InChI=1S/C32H28BrN3O7S/c1-5-42-31(38)27-19(3)34-32-35(28(27)22-10-6-18(2)7-11-22)30(37)26(44-32)16-21-14-24(33)29(25(15-21)41-4)43-17-20-8-12-23(13-9-20)36(39)40/h6-16,28H,5,17H2,1-4H3/b26-16+/t28-/m1/s1. The van der Waals surface area contributed by atoms with Crippen molar-refractivity contribution >= 4 is 45.0 Å². The lowest BCUT2D eigenvalue weighted by molar-refractivity contribution is -0.384. The van der Waals surface area contributed by atoms with Crippen molar-refractivity contribution < 1.29 is 23.9 Å². The molecule has 3 aromatic carbocycles. The van der Waals surface area contributed by atoms with Gasteiger partial charge in [0.15, 0.2) is 16.3 Å². The van der Waals surface area contributed by atoms with Crippen LogP contribution in [-0.4, -0.2) is 29.2 Å². The molecule has 1 atom stereocenters. The number of halogens is 1. The molecule has 4 aromatic rings. The number of aromatic nitrogens is 1. The summed E-state index contributed by atoms with van der Waals surface area (Å²) in [6, 6.07) is 16.7. The minimum Gasteiger partial charge on any atom is -0.493 e. The fraction of sp³-hybridized carbons (Fsp3) is 0.219. The van der Waals surface area contributed by atoms with E-state index in [4.69, 9.17) is 14.2 Å². The second-order valence-corrected chi connectivity index (χ2v) is 11.8. The first-order valence-electron chi connectivity index (χ1n) is 13.6. The number of ether oxygens (including phenoxy) is 3. The smallest absolute Gasteiger partial charge is 0.338 e. The number of methoxy groups -OCH3 is 1. The molecule has 0 bridgehead atoms. The third-order valence-corrected chi connectivity index (χ3v) is 8.56. The molecule has 2 heterocycles. The Morgan fingerprint density at radius 1 is 1.14 bits per heavy atom. The van der Waals surface area contributed by atoms with Crippen LogP contribution in [0.2, 0.25) is 0 Å². The molecule has 0 saturated carbocycles. The Hall–Kier alpha value is -4.55. The predicted molar refractivity (Wildman–Crippen MR) is 170 cm³/mol. The fourth-order valence-electron chi connectivity index (χ4n) is 4.84. The number of hydrogen-bond donors (Lipinski definition) is 0. The number of benzene rings is 3. The van der Waals surface area contributed by atoms with Crippen molar-refractivity contribution in [3.8, 4) is 11.5 Å². The summed E-state index contributed by atoms with van der Waals surface area (Å²) in [7, 11) is 1.51. The zero-order chi connectivity index (χ0) is 31.5. The molecule has 12 heteroatoms. The van der Waals surface area contributed by atoms with Crippen molar-refractivity contribution in [2.24, 2.45) is 4.99 Å². The molecule has 0 unspecified atom stereocenters. The lowest BCUT2D eigenvalue weighted by atomic mass is 9.95. The monoisotopic (exact) mass is 677 g/mol. The van der Waals surface area contributed by atoms with E-state index < -0.39 is 16.9 Å². The highest BCUT2D eigenvalue weighted by atomic mass is 79.9. The van der Waals surface area contributed by atoms with Gasteiger partial charge in [0.1, 0.15) is 6.61 Å². The topological polar surface area (TPSA) is 122 Å². The summed E-state index contributed by atoms with van der Waals surface area (Å²) in [6.45, 7) is 5.82. The maximum absolute atomic E-state index is 13.9. The van der Waals surface area contributed by atoms with Gasteiger partial charge in [-0.25, -0.2) is 9.79 Å². The van der Waals surface area contributed by atoms with Crippen LogP contribution in [-0.2, 0) is 16.1 Å². The Morgan fingerprint density at radius 3 is 2.48 bits per heavy atom. The Kier molecular flexibility index (Phi) is 9.12. The van der Waals surface area contributed by atoms with Crippen LogP contribution in [0.25, 0.3) is 6.08 Å². The van der Waals surface area contributed by atoms with Crippen molar-refractivity contribution in [3.05, 3.63) is 128 Å². The molecule has 10 nitrogen and oxygen atoms in total. The Balaban J connectivity index is 1.53. The number of thiazole rings is 1. The zero-order valence-corrected chi connectivity index (χ0v) is 26.7. The van der Waals surface area contributed by atoms with Crippen LogP contribution in [0.1, 0.15) is 42.1 Å². The molecule has 5 rings (SSSR count). The molecule has 0 spiro atoms. The van der Waals surface area contributed by atoms with Gasteiger partial charge in [-0.1, -0.05) is 41.2 Å². The summed E-state index contributed by atoms with van der Waals surface area (Å²) >= 11 is 4.78. The number of aryl methyl sites for hydroxylation is 1. The Morgan fingerprint density at radius 2 is 1.84 bits per heavy atom. The normalized spacial score (nSPS) is 14.6. The van der Waals surface area contributed by atoms with Gasteiger partial charge in [0.25, 0.3) is 11.2 Å². The summed E-state index contributed by atoms with van der Waals surface area (Å²) in [4.78, 5) is 42.6. The first-order valence-corrected chi connectivity index (χ1v) is 15.2. The number of hydrogen-bond acceptors (Lipinski definition) is 9. The summed E-state index contributed by atoms with van der Waals surface area (Å²) < 4.78 is 19.5. The van der Waals surface area contributed by atoms with E-state index in [0.717, 1.165) is 16.7 Å². The number of allylic oxidation sites excluding steroid dienone is 1. The Bertz CT molecular complexity index is 1960. The molecule has 1 aliphatic rings. The average Bonchev–Trinajstić information content (AvgIpc) is 3.30. The second kappa shape index (κ2) is 13.0. The van der Waals surface area contributed by atoms with Gasteiger partial charge in [0, 0.05) is 12.1 Å². The van der Waals surface area contributed by atoms with Crippen LogP contribution in [0.3, 0.4) is 0 Å². The number of esters is 1.